The number of nitrogens with zero attached hydrogens (tertiary/aromatic N) is 2. The number of hydrogen-bond donors (Lipinski definition) is 1. The van der Waals surface area contributed by atoms with Crippen LogP contribution in [0.25, 0.3) is 0 Å². The Balaban J connectivity index is 2.20. The summed E-state index contributed by atoms with van der Waals surface area (Å²) in [6.45, 7) is 5.88. The first-order valence-corrected chi connectivity index (χ1v) is 7.56. The predicted octanol–water partition coefficient (Wildman–Crippen LogP) is 3.87. The molecule has 1 aromatic carbocycles. The van der Waals surface area contributed by atoms with Crippen LogP contribution in [0.3, 0.4) is 0 Å². The highest BCUT2D eigenvalue weighted by atomic mass is 35.5. The van der Waals surface area contributed by atoms with Crippen molar-refractivity contribution in [2.45, 2.75) is 33.0 Å². The number of rotatable bonds is 6. The average molecular weight is 304 g/mol. The first kappa shape index (κ1) is 15.8. The molecule has 0 aliphatic heterocycles. The Morgan fingerprint density at radius 3 is 2.71 bits per heavy atom. The summed E-state index contributed by atoms with van der Waals surface area (Å²) in [7, 11) is 2.06. The highest BCUT2D eigenvalue weighted by Crippen LogP contribution is 2.30. The Hall–Kier alpha value is -1.58. The minimum atomic E-state index is 0.445. The van der Waals surface area contributed by atoms with Gasteiger partial charge in [0.25, 0.3) is 0 Å². The fourth-order valence-electron chi connectivity index (χ4n) is 2.29. The Morgan fingerprint density at radius 2 is 2.05 bits per heavy atom. The smallest absolute Gasteiger partial charge is 0.0642 e. The molecule has 2 aromatic rings. The lowest BCUT2D eigenvalue weighted by Gasteiger charge is -2.24. The van der Waals surface area contributed by atoms with Gasteiger partial charge in [0.15, 0.2) is 0 Å². The lowest BCUT2D eigenvalue weighted by Crippen LogP contribution is -2.25. The summed E-state index contributed by atoms with van der Waals surface area (Å²) in [6.07, 6.45) is 3.68. The summed E-state index contributed by atoms with van der Waals surface area (Å²) in [6, 6.07) is 10.5. The molecule has 0 amide bonds. The number of pyridine rings is 1. The lowest BCUT2D eigenvalue weighted by molar-refractivity contribution is 0.588. The van der Waals surface area contributed by atoms with Crippen LogP contribution in [-0.2, 0) is 13.1 Å². The Morgan fingerprint density at radius 1 is 1.24 bits per heavy atom. The lowest BCUT2D eigenvalue weighted by atomic mass is 10.1. The van der Waals surface area contributed by atoms with Gasteiger partial charge in [0.1, 0.15) is 0 Å². The van der Waals surface area contributed by atoms with Crippen molar-refractivity contribution >= 4 is 17.3 Å². The molecule has 3 nitrogen and oxygen atoms in total. The van der Waals surface area contributed by atoms with Crippen LogP contribution < -0.4 is 10.2 Å². The maximum Gasteiger partial charge on any atom is 0.0642 e. The van der Waals surface area contributed by atoms with Crippen molar-refractivity contribution in [3.05, 3.63) is 58.9 Å². The summed E-state index contributed by atoms with van der Waals surface area (Å²) in [5, 5.41) is 4.23. The largest absolute Gasteiger partial charge is 0.369 e. The molecule has 1 aromatic heterocycles. The van der Waals surface area contributed by atoms with Gasteiger partial charge >= 0.3 is 0 Å². The quantitative estimate of drug-likeness (QED) is 0.878. The van der Waals surface area contributed by atoms with E-state index in [0.717, 1.165) is 23.8 Å². The van der Waals surface area contributed by atoms with Crippen LogP contribution in [0.1, 0.15) is 25.0 Å². The molecular weight excluding hydrogens is 282 g/mol. The van der Waals surface area contributed by atoms with Gasteiger partial charge in [0.2, 0.25) is 0 Å². The van der Waals surface area contributed by atoms with Crippen molar-refractivity contribution in [3.8, 4) is 0 Å². The van der Waals surface area contributed by atoms with Gasteiger partial charge in [0.05, 0.1) is 10.7 Å². The summed E-state index contributed by atoms with van der Waals surface area (Å²) in [5.41, 5.74) is 3.46. The van der Waals surface area contributed by atoms with Crippen LogP contribution >= 0.6 is 11.6 Å². The molecule has 2 rings (SSSR count). The zero-order chi connectivity index (χ0) is 15.2. The zero-order valence-corrected chi connectivity index (χ0v) is 13.6. The molecule has 0 radical (unpaired) electrons. The van der Waals surface area contributed by atoms with E-state index in [-0.39, 0.29) is 0 Å². The molecule has 0 aliphatic rings. The number of anilines is 1. The highest BCUT2D eigenvalue weighted by Gasteiger charge is 2.12. The Kier molecular flexibility index (Phi) is 5.59. The highest BCUT2D eigenvalue weighted by molar-refractivity contribution is 6.33. The van der Waals surface area contributed by atoms with Gasteiger partial charge in [-0.05, 0) is 23.3 Å². The molecule has 0 spiro atoms. The third-order valence-electron chi connectivity index (χ3n) is 3.30. The van der Waals surface area contributed by atoms with Crippen LogP contribution in [0.15, 0.2) is 42.7 Å². The third kappa shape index (κ3) is 4.45. The van der Waals surface area contributed by atoms with Gasteiger partial charge in [-0.3, -0.25) is 4.98 Å². The molecule has 0 atom stereocenters. The van der Waals surface area contributed by atoms with E-state index in [1.54, 1.807) is 6.20 Å². The number of nitrogens with one attached hydrogen (secondary N) is 1. The number of hydrogen-bond acceptors (Lipinski definition) is 3. The van der Waals surface area contributed by atoms with Crippen molar-refractivity contribution in [3.63, 3.8) is 0 Å². The van der Waals surface area contributed by atoms with E-state index in [2.05, 4.69) is 48.2 Å². The predicted molar refractivity (Wildman–Crippen MR) is 89.8 cm³/mol. The minimum absolute atomic E-state index is 0.445. The first-order valence-electron chi connectivity index (χ1n) is 7.18. The van der Waals surface area contributed by atoms with Gasteiger partial charge in [-0.15, -0.1) is 0 Å². The Labute approximate surface area is 132 Å². The molecule has 1 N–H and O–H groups in total. The molecule has 0 aliphatic carbocycles. The number of para-hydroxylation sites is 1. The van der Waals surface area contributed by atoms with E-state index >= 15 is 0 Å². The van der Waals surface area contributed by atoms with Crippen molar-refractivity contribution < 1.29 is 0 Å². The summed E-state index contributed by atoms with van der Waals surface area (Å²) in [5.74, 6) is 0. The van der Waals surface area contributed by atoms with Crippen LogP contribution in [0.4, 0.5) is 5.69 Å². The van der Waals surface area contributed by atoms with E-state index in [1.807, 2.05) is 24.4 Å². The second-order valence-electron chi connectivity index (χ2n) is 5.50. The fourth-order valence-corrected chi connectivity index (χ4v) is 2.63. The number of halogens is 1. The first-order chi connectivity index (χ1) is 10.1. The van der Waals surface area contributed by atoms with E-state index in [0.29, 0.717) is 6.04 Å². The normalized spacial score (nSPS) is 10.9. The van der Waals surface area contributed by atoms with Crippen molar-refractivity contribution in [1.82, 2.24) is 10.3 Å². The zero-order valence-electron chi connectivity index (χ0n) is 12.8. The average Bonchev–Trinajstić information content (AvgIpc) is 2.46. The molecule has 0 fully saturated rings. The molecule has 1 heterocycles. The number of aromatic nitrogens is 1. The van der Waals surface area contributed by atoms with Crippen LogP contribution in [0, 0.1) is 0 Å². The standard InChI is InChI=1S/C17H22ClN3/c1-13(2)20-11-15-7-4-8-16(18)17(15)21(3)12-14-6-5-9-19-10-14/h4-10,13,20H,11-12H2,1-3H3. The maximum atomic E-state index is 6.42. The molecule has 0 bridgehead atoms. The molecule has 0 saturated carbocycles. The molecular formula is C17H22ClN3. The van der Waals surface area contributed by atoms with Gasteiger partial charge < -0.3 is 10.2 Å². The van der Waals surface area contributed by atoms with E-state index in [4.69, 9.17) is 11.6 Å². The van der Waals surface area contributed by atoms with Gasteiger partial charge in [-0.1, -0.05) is 43.6 Å². The third-order valence-corrected chi connectivity index (χ3v) is 3.60. The van der Waals surface area contributed by atoms with Crippen LogP contribution in [-0.4, -0.2) is 18.1 Å². The van der Waals surface area contributed by atoms with Crippen LogP contribution in [0.5, 0.6) is 0 Å². The van der Waals surface area contributed by atoms with E-state index in [1.165, 1.54) is 11.1 Å². The van der Waals surface area contributed by atoms with Gasteiger partial charge in [-0.2, -0.15) is 0 Å². The molecule has 112 valence electrons. The molecule has 4 heteroatoms. The van der Waals surface area contributed by atoms with E-state index < -0.39 is 0 Å². The van der Waals surface area contributed by atoms with Crippen molar-refractivity contribution in [2.75, 3.05) is 11.9 Å². The molecule has 21 heavy (non-hydrogen) atoms. The Bertz CT molecular complexity index is 570. The van der Waals surface area contributed by atoms with E-state index in [9.17, 15) is 0 Å². The topological polar surface area (TPSA) is 28.2 Å². The van der Waals surface area contributed by atoms with Crippen molar-refractivity contribution in [1.29, 1.82) is 0 Å². The minimum Gasteiger partial charge on any atom is -0.369 e. The second kappa shape index (κ2) is 7.43. The summed E-state index contributed by atoms with van der Waals surface area (Å²) < 4.78 is 0. The SMILES string of the molecule is CC(C)NCc1cccc(Cl)c1N(C)Cc1cccnc1. The van der Waals surface area contributed by atoms with Crippen molar-refractivity contribution in [2.24, 2.45) is 0 Å². The fraction of sp³-hybridized carbons (Fsp3) is 0.353. The maximum absolute atomic E-state index is 6.42. The summed E-state index contributed by atoms with van der Waals surface area (Å²) >= 11 is 6.42. The van der Waals surface area contributed by atoms with Gasteiger partial charge in [0, 0.05) is 38.6 Å². The van der Waals surface area contributed by atoms with Gasteiger partial charge in [-0.25, -0.2) is 0 Å². The number of benzene rings is 1. The molecule has 0 saturated heterocycles. The molecule has 0 unspecified atom stereocenters. The van der Waals surface area contributed by atoms with Crippen LogP contribution in [0.2, 0.25) is 5.02 Å². The monoisotopic (exact) mass is 303 g/mol. The second-order valence-corrected chi connectivity index (χ2v) is 5.91. The summed E-state index contributed by atoms with van der Waals surface area (Å²) in [4.78, 5) is 6.34.